The van der Waals surface area contributed by atoms with Crippen LogP contribution in [-0.4, -0.2) is 24.1 Å². The number of hydrogen-bond acceptors (Lipinski definition) is 3. The second-order valence-corrected chi connectivity index (χ2v) is 4.34. The van der Waals surface area contributed by atoms with Gasteiger partial charge in [-0.1, -0.05) is 18.2 Å². The Kier molecular flexibility index (Phi) is 5.10. The van der Waals surface area contributed by atoms with Crippen LogP contribution in [0.5, 0.6) is 5.75 Å². The number of carbonyl (C=O) groups is 2. The zero-order valence-electron chi connectivity index (χ0n) is 10.4. The van der Waals surface area contributed by atoms with Gasteiger partial charge in [0.25, 0.3) is 0 Å². The first-order chi connectivity index (χ1) is 8.52. The SMILES string of the molecule is C=CC(Cl)C(C(C)=O)C(=O)c1ccccc1OC. The highest BCUT2D eigenvalue weighted by Gasteiger charge is 2.31. The quantitative estimate of drug-likeness (QED) is 0.344. The highest BCUT2D eigenvalue weighted by molar-refractivity contribution is 6.27. The summed E-state index contributed by atoms with van der Waals surface area (Å²) in [7, 11) is 1.47. The second kappa shape index (κ2) is 6.36. The van der Waals surface area contributed by atoms with E-state index in [1.807, 2.05) is 0 Å². The van der Waals surface area contributed by atoms with Crippen LogP contribution >= 0.6 is 11.6 Å². The van der Waals surface area contributed by atoms with Gasteiger partial charge in [-0.25, -0.2) is 0 Å². The Morgan fingerprint density at radius 2 is 2.00 bits per heavy atom. The molecule has 0 radical (unpaired) electrons. The fourth-order valence-electron chi connectivity index (χ4n) is 1.71. The minimum Gasteiger partial charge on any atom is -0.496 e. The Bertz CT molecular complexity index is 468. The molecule has 0 fully saturated rings. The summed E-state index contributed by atoms with van der Waals surface area (Å²) in [4.78, 5) is 23.9. The number of halogens is 1. The molecule has 3 nitrogen and oxygen atoms in total. The largest absolute Gasteiger partial charge is 0.496 e. The van der Waals surface area contributed by atoms with Crippen LogP contribution in [0.4, 0.5) is 0 Å². The maximum Gasteiger partial charge on any atom is 0.178 e. The molecule has 1 aromatic rings. The summed E-state index contributed by atoms with van der Waals surface area (Å²) in [5, 5.41) is -0.722. The fourth-order valence-corrected chi connectivity index (χ4v) is 2.00. The molecule has 0 N–H and O–H groups in total. The molecule has 2 unspecified atom stereocenters. The first kappa shape index (κ1) is 14.5. The molecule has 0 saturated carbocycles. The lowest BCUT2D eigenvalue weighted by atomic mass is 9.90. The molecule has 0 heterocycles. The van der Waals surface area contributed by atoms with Gasteiger partial charge in [-0.15, -0.1) is 18.2 Å². The molecular weight excluding hydrogens is 252 g/mol. The summed E-state index contributed by atoms with van der Waals surface area (Å²) in [6, 6.07) is 6.75. The number of ether oxygens (including phenoxy) is 1. The first-order valence-corrected chi connectivity index (χ1v) is 5.90. The second-order valence-electron chi connectivity index (χ2n) is 3.83. The standard InChI is InChI=1S/C14H15ClO3/c1-4-11(15)13(9(2)16)14(17)10-7-5-6-8-12(10)18-3/h4-8,11,13H,1H2,2-3H3. The van der Waals surface area contributed by atoms with E-state index in [-0.39, 0.29) is 11.6 Å². The van der Waals surface area contributed by atoms with Crippen molar-refractivity contribution in [3.8, 4) is 5.75 Å². The van der Waals surface area contributed by atoms with Crippen molar-refractivity contribution in [1.29, 1.82) is 0 Å². The lowest BCUT2D eigenvalue weighted by Gasteiger charge is -2.17. The Hall–Kier alpha value is -1.61. The molecule has 18 heavy (non-hydrogen) atoms. The molecule has 0 aromatic heterocycles. The molecule has 2 atom stereocenters. The van der Waals surface area contributed by atoms with Gasteiger partial charge >= 0.3 is 0 Å². The summed E-state index contributed by atoms with van der Waals surface area (Å²) in [5.74, 6) is -1.13. The van der Waals surface area contributed by atoms with Crippen LogP contribution in [0.1, 0.15) is 17.3 Å². The predicted octanol–water partition coefficient (Wildman–Crippen LogP) is 2.88. The van der Waals surface area contributed by atoms with E-state index < -0.39 is 11.3 Å². The average Bonchev–Trinajstić information content (AvgIpc) is 2.37. The first-order valence-electron chi connectivity index (χ1n) is 5.47. The number of allylic oxidation sites excluding steroid dienone is 1. The maximum atomic E-state index is 12.3. The van der Waals surface area contributed by atoms with Crippen LogP contribution < -0.4 is 4.74 Å². The molecule has 4 heteroatoms. The summed E-state index contributed by atoms with van der Waals surface area (Å²) in [6.45, 7) is 4.86. The summed E-state index contributed by atoms with van der Waals surface area (Å²) >= 11 is 5.97. The Labute approximate surface area is 111 Å². The number of rotatable bonds is 6. The lowest BCUT2D eigenvalue weighted by molar-refractivity contribution is -0.119. The van der Waals surface area contributed by atoms with Gasteiger partial charge in [0.1, 0.15) is 17.5 Å². The van der Waals surface area contributed by atoms with Crippen molar-refractivity contribution in [3.63, 3.8) is 0 Å². The third-order valence-electron chi connectivity index (χ3n) is 2.64. The van der Waals surface area contributed by atoms with Gasteiger partial charge in [-0.2, -0.15) is 0 Å². The van der Waals surface area contributed by atoms with Gasteiger partial charge in [0.05, 0.1) is 18.1 Å². The summed E-state index contributed by atoms with van der Waals surface area (Å²) in [6.07, 6.45) is 1.39. The molecule has 1 rings (SSSR count). The number of carbonyl (C=O) groups excluding carboxylic acids is 2. The van der Waals surface area contributed by atoms with E-state index >= 15 is 0 Å². The monoisotopic (exact) mass is 266 g/mol. The highest BCUT2D eigenvalue weighted by atomic mass is 35.5. The molecule has 0 aliphatic heterocycles. The van der Waals surface area contributed by atoms with Crippen LogP contribution in [-0.2, 0) is 4.79 Å². The minimum atomic E-state index is -0.930. The third-order valence-corrected chi connectivity index (χ3v) is 3.07. The van der Waals surface area contributed by atoms with Gasteiger partial charge < -0.3 is 4.74 Å². The van der Waals surface area contributed by atoms with E-state index in [0.29, 0.717) is 11.3 Å². The zero-order valence-corrected chi connectivity index (χ0v) is 11.1. The predicted molar refractivity (Wildman–Crippen MR) is 71.3 cm³/mol. The normalized spacial score (nSPS) is 13.5. The van der Waals surface area contributed by atoms with E-state index in [1.165, 1.54) is 20.1 Å². The molecule has 0 bridgehead atoms. The van der Waals surface area contributed by atoms with Gasteiger partial charge in [0.15, 0.2) is 5.78 Å². The Morgan fingerprint density at radius 3 is 2.50 bits per heavy atom. The number of Topliss-reactive ketones (excluding diaryl/α,β-unsaturated/α-hetero) is 2. The van der Waals surface area contributed by atoms with E-state index in [9.17, 15) is 9.59 Å². The van der Waals surface area contributed by atoms with E-state index in [1.54, 1.807) is 24.3 Å². The Morgan fingerprint density at radius 1 is 1.39 bits per heavy atom. The van der Waals surface area contributed by atoms with Crippen molar-refractivity contribution >= 4 is 23.2 Å². The molecule has 0 aliphatic rings. The van der Waals surface area contributed by atoms with E-state index in [0.717, 1.165) is 0 Å². The minimum absolute atomic E-state index is 0.286. The van der Waals surface area contributed by atoms with Crippen LogP contribution in [0.3, 0.4) is 0 Å². The van der Waals surface area contributed by atoms with Crippen LogP contribution in [0.2, 0.25) is 0 Å². The van der Waals surface area contributed by atoms with Crippen molar-refractivity contribution in [2.45, 2.75) is 12.3 Å². The molecule has 96 valence electrons. The number of ketones is 2. The van der Waals surface area contributed by atoms with Crippen molar-refractivity contribution in [2.24, 2.45) is 5.92 Å². The number of alkyl halides is 1. The molecule has 0 saturated heterocycles. The van der Waals surface area contributed by atoms with Gasteiger partial charge in [0.2, 0.25) is 0 Å². The lowest BCUT2D eigenvalue weighted by Crippen LogP contribution is -2.30. The smallest absolute Gasteiger partial charge is 0.178 e. The van der Waals surface area contributed by atoms with Crippen molar-refractivity contribution in [2.75, 3.05) is 7.11 Å². The third kappa shape index (κ3) is 2.99. The number of benzene rings is 1. The van der Waals surface area contributed by atoms with Crippen LogP contribution in [0.25, 0.3) is 0 Å². The van der Waals surface area contributed by atoms with Crippen molar-refractivity contribution in [1.82, 2.24) is 0 Å². The fraction of sp³-hybridized carbons (Fsp3) is 0.286. The highest BCUT2D eigenvalue weighted by Crippen LogP contribution is 2.25. The van der Waals surface area contributed by atoms with E-state index in [2.05, 4.69) is 6.58 Å². The number of para-hydroxylation sites is 1. The Balaban J connectivity index is 3.17. The maximum absolute atomic E-state index is 12.3. The van der Waals surface area contributed by atoms with Crippen molar-refractivity contribution in [3.05, 3.63) is 42.5 Å². The molecule has 0 amide bonds. The number of methoxy groups -OCH3 is 1. The molecular formula is C14H15ClO3. The molecule has 0 spiro atoms. The molecule has 0 aliphatic carbocycles. The van der Waals surface area contributed by atoms with Gasteiger partial charge in [-0.05, 0) is 19.1 Å². The number of hydrogen-bond donors (Lipinski definition) is 0. The summed E-state index contributed by atoms with van der Waals surface area (Å²) < 4.78 is 5.11. The summed E-state index contributed by atoms with van der Waals surface area (Å²) in [5.41, 5.74) is 0.354. The van der Waals surface area contributed by atoms with E-state index in [4.69, 9.17) is 16.3 Å². The van der Waals surface area contributed by atoms with Gasteiger partial charge in [0, 0.05) is 0 Å². The van der Waals surface area contributed by atoms with Crippen LogP contribution in [0.15, 0.2) is 36.9 Å². The van der Waals surface area contributed by atoms with Gasteiger partial charge in [-0.3, -0.25) is 9.59 Å². The molecule has 1 aromatic carbocycles. The average molecular weight is 267 g/mol. The topological polar surface area (TPSA) is 43.4 Å². The van der Waals surface area contributed by atoms with Crippen LogP contribution in [0, 0.1) is 5.92 Å². The van der Waals surface area contributed by atoms with Crippen molar-refractivity contribution < 1.29 is 14.3 Å². The zero-order chi connectivity index (χ0) is 13.7.